The maximum atomic E-state index is 9.70. The highest BCUT2D eigenvalue weighted by atomic mass is 127. The van der Waals surface area contributed by atoms with Gasteiger partial charge < -0.3 is 10.6 Å². The zero-order valence-electron chi connectivity index (χ0n) is 10.5. The number of aromatic nitrogens is 1. The van der Waals surface area contributed by atoms with Crippen molar-refractivity contribution in [2.45, 2.75) is 0 Å². The molecule has 1 heterocycles. The van der Waals surface area contributed by atoms with Gasteiger partial charge in [-0.2, -0.15) is 4.57 Å². The summed E-state index contributed by atoms with van der Waals surface area (Å²) in [5.74, 6) is 0. The van der Waals surface area contributed by atoms with Gasteiger partial charge in [0.2, 0.25) is 11.3 Å². The van der Waals surface area contributed by atoms with E-state index in [-0.39, 0.29) is 5.48 Å². The van der Waals surface area contributed by atoms with Crippen molar-refractivity contribution in [3.63, 3.8) is 0 Å². The van der Waals surface area contributed by atoms with Gasteiger partial charge in [0.1, 0.15) is 7.05 Å². The molecule has 2 aromatic carbocycles. The van der Waals surface area contributed by atoms with Crippen molar-refractivity contribution in [1.82, 2.24) is 0 Å². The number of hydrogen-bond acceptors (Lipinski definition) is 3. The fourth-order valence-electron chi connectivity index (χ4n) is 2.16. The Balaban J connectivity index is 0.00000147. The predicted molar refractivity (Wildman–Crippen MR) is 92.5 cm³/mol. The first-order chi connectivity index (χ1) is 9.08. The number of hydrogen-bond donors (Lipinski definition) is 1. The highest BCUT2D eigenvalue weighted by Gasteiger charge is 2.21. The topological polar surface area (TPSA) is 54.1 Å². The lowest BCUT2D eigenvalue weighted by Crippen LogP contribution is -2.26. The van der Waals surface area contributed by atoms with Gasteiger partial charge in [-0.3, -0.25) is 0 Å². The van der Waals surface area contributed by atoms with E-state index in [9.17, 15) is 5.11 Å². The number of thiazole rings is 1. The Kier molecular flexibility index (Phi) is 4.68. The molecular formula is C14H11BrINO2S. The third kappa shape index (κ3) is 2.57. The molecule has 6 heteroatoms. The number of fused-ring (bicyclic) bond motifs is 1. The van der Waals surface area contributed by atoms with Crippen LogP contribution in [0.25, 0.3) is 21.3 Å². The van der Waals surface area contributed by atoms with Crippen molar-refractivity contribution in [2.24, 2.45) is 7.05 Å². The summed E-state index contributed by atoms with van der Waals surface area (Å²) in [7, 11) is 1.96. The molecule has 0 atom stereocenters. The Labute approximate surface area is 142 Å². The third-order valence-electron chi connectivity index (χ3n) is 3.00. The summed E-state index contributed by atoms with van der Waals surface area (Å²) in [6.45, 7) is 0. The van der Waals surface area contributed by atoms with E-state index >= 15 is 0 Å². The van der Waals surface area contributed by atoms with Gasteiger partial charge in [0, 0.05) is 8.04 Å². The maximum absolute atomic E-state index is 9.70. The van der Waals surface area contributed by atoms with Gasteiger partial charge in [-0.25, -0.2) is 0 Å². The Morgan fingerprint density at radius 3 is 2.60 bits per heavy atom. The fraction of sp³-hybridized carbons (Fsp3) is 0.0714. The highest BCUT2D eigenvalue weighted by Crippen LogP contribution is 2.38. The van der Waals surface area contributed by atoms with E-state index in [0.29, 0.717) is 5.06 Å². The van der Waals surface area contributed by atoms with Gasteiger partial charge in [0.15, 0.2) is 0 Å². The van der Waals surface area contributed by atoms with Gasteiger partial charge in [-0.15, -0.1) is 0 Å². The van der Waals surface area contributed by atoms with Crippen LogP contribution in [0.1, 0.15) is 0 Å². The normalized spacial score (nSPS) is 10.6. The molecule has 0 aliphatic rings. The first kappa shape index (κ1) is 15.7. The lowest BCUT2D eigenvalue weighted by Gasteiger charge is -2.06. The van der Waals surface area contributed by atoms with Crippen molar-refractivity contribution in [1.29, 1.82) is 0 Å². The number of nitrogens with zero attached hydrogens (tertiary/aromatic N) is 1. The maximum Gasteiger partial charge on any atom is 0.273 e. The number of aryl methyl sites for hydroxylation is 1. The SMILES string of the molecule is C[n+]1cc(O)sc1-c1c(I)ccc2c(Br)cccc12.[OH-]. The quantitative estimate of drug-likeness (QED) is 0.432. The molecular weight excluding hydrogens is 453 g/mol. The Hall–Kier alpha value is -0.700. The lowest BCUT2D eigenvalue weighted by molar-refractivity contribution is -0.656. The molecule has 0 fully saturated rings. The molecule has 3 rings (SSSR count). The van der Waals surface area contributed by atoms with Crippen LogP contribution in [0.4, 0.5) is 0 Å². The molecule has 0 saturated carbocycles. The molecule has 0 unspecified atom stereocenters. The fourth-order valence-corrected chi connectivity index (χ4v) is 4.49. The van der Waals surface area contributed by atoms with E-state index in [1.807, 2.05) is 23.7 Å². The second kappa shape index (κ2) is 5.97. The number of aromatic hydroxyl groups is 1. The van der Waals surface area contributed by atoms with Crippen molar-refractivity contribution in [3.8, 4) is 15.6 Å². The van der Waals surface area contributed by atoms with Crippen LogP contribution in [0.3, 0.4) is 0 Å². The second-order valence-electron chi connectivity index (χ2n) is 4.24. The first-order valence-electron chi connectivity index (χ1n) is 5.63. The molecule has 20 heavy (non-hydrogen) atoms. The molecule has 3 aromatic rings. The van der Waals surface area contributed by atoms with Crippen LogP contribution in [0, 0.1) is 3.57 Å². The molecule has 2 N–H and O–H groups in total. The predicted octanol–water partition coefficient (Wildman–Crippen LogP) is 4.29. The average molecular weight is 464 g/mol. The first-order valence-corrected chi connectivity index (χ1v) is 8.32. The smallest absolute Gasteiger partial charge is 0.273 e. The molecule has 0 saturated heterocycles. The summed E-state index contributed by atoms with van der Waals surface area (Å²) in [6.07, 6.45) is 1.74. The van der Waals surface area contributed by atoms with E-state index in [1.54, 1.807) is 6.20 Å². The van der Waals surface area contributed by atoms with Crippen molar-refractivity contribution in [3.05, 3.63) is 44.6 Å². The summed E-state index contributed by atoms with van der Waals surface area (Å²) >= 11 is 7.34. The number of benzene rings is 2. The van der Waals surface area contributed by atoms with Crippen LogP contribution >= 0.6 is 49.9 Å². The minimum atomic E-state index is 0. The van der Waals surface area contributed by atoms with Crippen LogP contribution < -0.4 is 4.57 Å². The molecule has 0 bridgehead atoms. The number of rotatable bonds is 1. The number of halogens is 2. The molecule has 3 nitrogen and oxygen atoms in total. The van der Waals surface area contributed by atoms with Crippen molar-refractivity contribution >= 4 is 60.6 Å². The molecule has 0 aliphatic carbocycles. The molecule has 0 spiro atoms. The van der Waals surface area contributed by atoms with E-state index < -0.39 is 0 Å². The second-order valence-corrected chi connectivity index (χ2v) is 7.27. The van der Waals surface area contributed by atoms with Gasteiger partial charge in [0.25, 0.3) is 5.01 Å². The molecule has 0 amide bonds. The summed E-state index contributed by atoms with van der Waals surface area (Å²) in [5, 5.41) is 13.5. The minimum Gasteiger partial charge on any atom is -0.870 e. The molecule has 104 valence electrons. The largest absolute Gasteiger partial charge is 0.870 e. The third-order valence-corrected chi connectivity index (χ3v) is 5.59. The van der Waals surface area contributed by atoms with Crippen LogP contribution in [0.2, 0.25) is 0 Å². The average Bonchev–Trinajstić information content (AvgIpc) is 2.68. The van der Waals surface area contributed by atoms with E-state index in [4.69, 9.17) is 0 Å². The lowest BCUT2D eigenvalue weighted by atomic mass is 10.1. The van der Waals surface area contributed by atoms with Crippen LogP contribution in [0.5, 0.6) is 5.06 Å². The summed E-state index contributed by atoms with van der Waals surface area (Å²) in [6, 6.07) is 10.4. The van der Waals surface area contributed by atoms with Crippen LogP contribution in [-0.4, -0.2) is 10.6 Å². The molecule has 0 radical (unpaired) electrons. The summed E-state index contributed by atoms with van der Waals surface area (Å²) < 4.78 is 4.24. The van der Waals surface area contributed by atoms with Crippen molar-refractivity contribution in [2.75, 3.05) is 0 Å². The Morgan fingerprint density at radius 1 is 1.20 bits per heavy atom. The van der Waals surface area contributed by atoms with E-state index in [0.717, 1.165) is 9.48 Å². The monoisotopic (exact) mass is 463 g/mol. The van der Waals surface area contributed by atoms with Gasteiger partial charge in [0.05, 0.1) is 5.56 Å². The van der Waals surface area contributed by atoms with Gasteiger partial charge in [-0.05, 0) is 56.8 Å². The zero-order chi connectivity index (χ0) is 13.6. The van der Waals surface area contributed by atoms with Gasteiger partial charge in [-0.1, -0.05) is 34.1 Å². The highest BCUT2D eigenvalue weighted by molar-refractivity contribution is 14.1. The Bertz CT molecular complexity index is 788. The summed E-state index contributed by atoms with van der Waals surface area (Å²) in [5.41, 5.74) is 1.17. The van der Waals surface area contributed by atoms with Crippen molar-refractivity contribution < 1.29 is 15.1 Å². The zero-order valence-corrected chi connectivity index (χ0v) is 15.0. The van der Waals surface area contributed by atoms with E-state index in [2.05, 4.69) is 56.7 Å². The van der Waals surface area contributed by atoms with E-state index in [1.165, 1.54) is 31.2 Å². The molecule has 1 aromatic heterocycles. The van der Waals surface area contributed by atoms with Gasteiger partial charge >= 0.3 is 0 Å². The van der Waals surface area contributed by atoms with Crippen LogP contribution in [0.15, 0.2) is 41.0 Å². The summed E-state index contributed by atoms with van der Waals surface area (Å²) in [4.78, 5) is 0. The van der Waals surface area contributed by atoms with Crippen LogP contribution in [-0.2, 0) is 7.05 Å². The Morgan fingerprint density at radius 2 is 1.95 bits per heavy atom. The standard InChI is InChI=1S/C14H9BrINOS.H2O/c1-17-7-12(18)19-14(17)13-9-3-2-4-10(15)8(9)5-6-11(13)16;/h2-7H,1H3;1H2. The minimum absolute atomic E-state index is 0. The molecule has 0 aliphatic heterocycles.